The minimum absolute atomic E-state index is 0.0195. The highest BCUT2D eigenvalue weighted by Crippen LogP contribution is 2.31. The van der Waals surface area contributed by atoms with E-state index in [-0.39, 0.29) is 40.9 Å². The van der Waals surface area contributed by atoms with Gasteiger partial charge in [0.15, 0.2) is 11.6 Å². The molecule has 1 atom stereocenters. The highest BCUT2D eigenvalue weighted by atomic mass is 19.1. The molecule has 51 heavy (non-hydrogen) atoms. The van der Waals surface area contributed by atoms with Gasteiger partial charge >= 0.3 is 0 Å². The quantitative estimate of drug-likeness (QED) is 0.169. The van der Waals surface area contributed by atoms with E-state index in [1.807, 2.05) is 49.6 Å². The summed E-state index contributed by atoms with van der Waals surface area (Å²) in [6, 6.07) is 15.4. The molecule has 0 spiro atoms. The molecule has 3 aromatic heterocycles. The molecule has 0 bridgehead atoms. The third kappa shape index (κ3) is 7.16. The third-order valence-electron chi connectivity index (χ3n) is 9.92. The van der Waals surface area contributed by atoms with Gasteiger partial charge in [-0.25, -0.2) is 28.7 Å². The Morgan fingerprint density at radius 3 is 2.51 bits per heavy atom. The van der Waals surface area contributed by atoms with Crippen LogP contribution >= 0.6 is 0 Å². The number of anilines is 3. The van der Waals surface area contributed by atoms with Gasteiger partial charge in [0.1, 0.15) is 22.9 Å². The highest BCUT2D eigenvalue weighted by molar-refractivity contribution is 6.00. The number of pyridine rings is 1. The van der Waals surface area contributed by atoms with Crippen molar-refractivity contribution < 1.29 is 18.4 Å². The molecular formula is C38H41F2N9O2. The Morgan fingerprint density at radius 1 is 0.980 bits per heavy atom. The number of aromatic nitrogens is 5. The van der Waals surface area contributed by atoms with E-state index < -0.39 is 11.6 Å². The average Bonchev–Trinajstić information content (AvgIpc) is 3.46. The summed E-state index contributed by atoms with van der Waals surface area (Å²) in [5, 5.41) is 5.52. The van der Waals surface area contributed by atoms with Crippen LogP contribution in [0.1, 0.15) is 68.4 Å². The van der Waals surface area contributed by atoms with Crippen molar-refractivity contribution in [2.45, 2.75) is 71.0 Å². The molecule has 2 amide bonds. The van der Waals surface area contributed by atoms with Crippen molar-refractivity contribution in [1.82, 2.24) is 34.7 Å². The number of imide groups is 1. The zero-order valence-electron chi connectivity index (χ0n) is 29.2. The second-order valence-electron chi connectivity index (χ2n) is 13.7. The molecule has 2 aliphatic heterocycles. The molecule has 2 N–H and O–H groups in total. The Hall–Kier alpha value is -5.30. The lowest BCUT2D eigenvalue weighted by Crippen LogP contribution is -2.43. The third-order valence-corrected chi connectivity index (χ3v) is 9.92. The van der Waals surface area contributed by atoms with Crippen LogP contribution in [0.2, 0.25) is 0 Å². The number of piperidine rings is 2. The smallest absolute Gasteiger partial charge is 0.234 e. The van der Waals surface area contributed by atoms with Gasteiger partial charge in [0, 0.05) is 43.7 Å². The molecule has 11 nitrogen and oxygen atoms in total. The van der Waals surface area contributed by atoms with E-state index in [0.29, 0.717) is 41.6 Å². The molecular weight excluding hydrogens is 652 g/mol. The molecule has 1 unspecified atom stereocenters. The summed E-state index contributed by atoms with van der Waals surface area (Å²) in [5.74, 6) is -0.580. The Balaban J connectivity index is 0.968. The molecule has 5 aromatic rings. The van der Waals surface area contributed by atoms with Crippen LogP contribution in [0.15, 0.2) is 60.9 Å². The van der Waals surface area contributed by atoms with Gasteiger partial charge in [0.2, 0.25) is 17.8 Å². The highest BCUT2D eigenvalue weighted by Gasteiger charge is 2.29. The zero-order chi connectivity index (χ0) is 35.8. The number of nitrogens with zero attached hydrogens (tertiary/aromatic N) is 7. The van der Waals surface area contributed by atoms with Gasteiger partial charge in [-0.05, 0) is 82.5 Å². The van der Waals surface area contributed by atoms with Crippen LogP contribution in [0.5, 0.6) is 0 Å². The van der Waals surface area contributed by atoms with Crippen molar-refractivity contribution >= 4 is 40.3 Å². The number of hydrogen-bond acceptors (Lipinski definition) is 9. The number of nitrogens with one attached hydrogen (secondary N) is 2. The van der Waals surface area contributed by atoms with E-state index in [0.717, 1.165) is 55.5 Å². The predicted octanol–water partition coefficient (Wildman–Crippen LogP) is 6.42. The van der Waals surface area contributed by atoms with Gasteiger partial charge in [0.25, 0.3) is 0 Å². The minimum atomic E-state index is -0.662. The number of fused-ring (bicyclic) bond motifs is 1. The first-order valence-electron chi connectivity index (χ1n) is 17.4. The summed E-state index contributed by atoms with van der Waals surface area (Å²) in [5.41, 5.74) is 4.20. The second-order valence-corrected chi connectivity index (χ2v) is 13.7. The standard InChI is InChI=1S/C38H41F2N9O2/c1-22(2)49-23(3)43-36-30(39)17-26(18-32(36)49)35-31(40)20-42-38(46-35)44-33-10-8-28(19-41-33)48-14-12-27(13-15-48)47(4)21-24-6-5-7-25(16-24)29-9-11-34(50)45-37(29)51/h5-8,10,16-20,22,27,29H,9,11-15,21H2,1-4H3,(H,45,50,51)(H,41,42,44,46). The van der Waals surface area contributed by atoms with Crippen LogP contribution in [0.4, 0.5) is 26.2 Å². The first-order valence-corrected chi connectivity index (χ1v) is 17.4. The zero-order valence-corrected chi connectivity index (χ0v) is 29.2. The van der Waals surface area contributed by atoms with Crippen LogP contribution in [-0.4, -0.2) is 67.4 Å². The van der Waals surface area contributed by atoms with Crippen LogP contribution in [0, 0.1) is 18.6 Å². The maximum Gasteiger partial charge on any atom is 0.234 e. The lowest BCUT2D eigenvalue weighted by atomic mass is 9.89. The van der Waals surface area contributed by atoms with Gasteiger partial charge in [0.05, 0.1) is 29.5 Å². The topological polar surface area (TPSA) is 121 Å². The van der Waals surface area contributed by atoms with Gasteiger partial charge in [-0.1, -0.05) is 24.3 Å². The summed E-state index contributed by atoms with van der Waals surface area (Å²) < 4.78 is 32.0. The van der Waals surface area contributed by atoms with Gasteiger partial charge in [-0.2, -0.15) is 0 Å². The molecule has 264 valence electrons. The monoisotopic (exact) mass is 693 g/mol. The number of benzene rings is 2. The van der Waals surface area contributed by atoms with Crippen molar-refractivity contribution in [1.29, 1.82) is 0 Å². The number of aryl methyl sites for hydroxylation is 1. The van der Waals surface area contributed by atoms with Crippen molar-refractivity contribution in [2.24, 2.45) is 0 Å². The van der Waals surface area contributed by atoms with E-state index in [1.54, 1.807) is 12.3 Å². The number of amides is 2. The SMILES string of the molecule is Cc1nc2c(F)cc(-c3nc(Nc4ccc(N5CCC(N(C)Cc6cccc(C7CCC(=O)NC7=O)c6)CC5)cn4)ncc3F)cc2n1C(C)C. The molecule has 0 radical (unpaired) electrons. The summed E-state index contributed by atoms with van der Waals surface area (Å²) in [7, 11) is 2.14. The van der Waals surface area contributed by atoms with Crippen molar-refractivity contribution in [3.05, 3.63) is 89.5 Å². The average molecular weight is 694 g/mol. The largest absolute Gasteiger partial charge is 0.370 e. The Kier molecular flexibility index (Phi) is 9.47. The number of rotatable bonds is 9. The minimum Gasteiger partial charge on any atom is -0.370 e. The van der Waals surface area contributed by atoms with Crippen LogP contribution in [-0.2, 0) is 16.1 Å². The molecule has 2 fully saturated rings. The fraction of sp³-hybridized carbons (Fsp3) is 0.368. The maximum atomic E-state index is 15.1. The molecule has 2 aromatic carbocycles. The summed E-state index contributed by atoms with van der Waals surface area (Å²) in [6.45, 7) is 8.32. The van der Waals surface area contributed by atoms with E-state index in [2.05, 4.69) is 59.5 Å². The molecule has 2 saturated heterocycles. The van der Waals surface area contributed by atoms with E-state index >= 15 is 8.78 Å². The lowest BCUT2D eigenvalue weighted by Gasteiger charge is -2.38. The molecule has 0 saturated carbocycles. The fourth-order valence-corrected chi connectivity index (χ4v) is 7.35. The molecule has 5 heterocycles. The fourth-order valence-electron chi connectivity index (χ4n) is 7.35. The molecule has 2 aliphatic rings. The number of hydrogen-bond donors (Lipinski definition) is 2. The van der Waals surface area contributed by atoms with E-state index in [4.69, 9.17) is 0 Å². The second kappa shape index (κ2) is 14.1. The van der Waals surface area contributed by atoms with Gasteiger partial charge in [-0.3, -0.25) is 19.8 Å². The lowest BCUT2D eigenvalue weighted by molar-refractivity contribution is -0.134. The van der Waals surface area contributed by atoms with Gasteiger partial charge in [-0.15, -0.1) is 0 Å². The molecule has 0 aliphatic carbocycles. The van der Waals surface area contributed by atoms with Crippen molar-refractivity contribution in [2.75, 3.05) is 30.4 Å². The van der Waals surface area contributed by atoms with Gasteiger partial charge < -0.3 is 14.8 Å². The predicted molar refractivity (Wildman–Crippen MR) is 192 cm³/mol. The Labute approximate surface area is 295 Å². The van der Waals surface area contributed by atoms with E-state index in [1.165, 1.54) is 6.07 Å². The Morgan fingerprint density at radius 2 is 1.78 bits per heavy atom. The normalized spacial score (nSPS) is 17.1. The first kappa shape index (κ1) is 34.2. The number of carbonyl (C=O) groups is 2. The summed E-state index contributed by atoms with van der Waals surface area (Å²) >= 11 is 0. The maximum absolute atomic E-state index is 15.1. The Bertz CT molecular complexity index is 2090. The van der Waals surface area contributed by atoms with Crippen molar-refractivity contribution in [3.8, 4) is 11.3 Å². The molecule has 13 heteroatoms. The van der Waals surface area contributed by atoms with E-state index in [9.17, 15) is 9.59 Å². The van der Waals surface area contributed by atoms with Crippen LogP contribution in [0.3, 0.4) is 0 Å². The molecule has 7 rings (SSSR count). The summed E-state index contributed by atoms with van der Waals surface area (Å²) in [6.07, 6.45) is 5.75. The summed E-state index contributed by atoms with van der Waals surface area (Å²) in [4.78, 5) is 46.1. The van der Waals surface area contributed by atoms with Crippen LogP contribution < -0.4 is 15.5 Å². The van der Waals surface area contributed by atoms with Crippen molar-refractivity contribution in [3.63, 3.8) is 0 Å². The number of halogens is 2. The number of carbonyl (C=O) groups excluding carboxylic acids is 2. The first-order chi connectivity index (χ1) is 24.5. The van der Waals surface area contributed by atoms with Crippen LogP contribution in [0.25, 0.3) is 22.3 Å². The number of imidazole rings is 1.